The van der Waals surface area contributed by atoms with Crippen LogP contribution in [0.3, 0.4) is 0 Å². The number of ether oxygens (including phenoxy) is 1. The van der Waals surface area contributed by atoms with Gasteiger partial charge in [-0.3, -0.25) is 19.8 Å². The number of H-pyrrole nitrogens is 1. The number of hydrogen-bond donors (Lipinski definition) is 2. The van der Waals surface area contributed by atoms with Crippen LogP contribution in [0.5, 0.6) is 5.75 Å². The van der Waals surface area contributed by atoms with Gasteiger partial charge in [0, 0.05) is 44.3 Å². The molecule has 2 aromatic heterocycles. The highest BCUT2D eigenvalue weighted by atomic mass is 19.4. The van der Waals surface area contributed by atoms with Crippen molar-refractivity contribution in [2.75, 3.05) is 45.9 Å². The van der Waals surface area contributed by atoms with Crippen LogP contribution in [0.25, 0.3) is 11.1 Å². The van der Waals surface area contributed by atoms with Crippen LogP contribution in [0.2, 0.25) is 0 Å². The number of halogens is 3. The molecule has 0 spiro atoms. The third kappa shape index (κ3) is 5.21. The van der Waals surface area contributed by atoms with Crippen molar-refractivity contribution in [3.63, 3.8) is 0 Å². The van der Waals surface area contributed by atoms with Crippen molar-refractivity contribution in [2.45, 2.75) is 31.6 Å². The maximum absolute atomic E-state index is 13.5. The van der Waals surface area contributed by atoms with E-state index in [-0.39, 0.29) is 0 Å². The largest absolute Gasteiger partial charge is 0.491 e. The number of benzene rings is 1. The van der Waals surface area contributed by atoms with Gasteiger partial charge in [0.2, 0.25) is 0 Å². The normalized spacial score (nSPS) is 21.8. The molecule has 0 aliphatic carbocycles. The fourth-order valence-corrected chi connectivity index (χ4v) is 5.05. The molecular weight excluding hydrogens is 463 g/mol. The maximum Gasteiger partial charge on any atom is 0.417 e. The van der Waals surface area contributed by atoms with Gasteiger partial charge >= 0.3 is 11.9 Å². The van der Waals surface area contributed by atoms with E-state index in [9.17, 15) is 18.0 Å². The molecule has 3 aromatic rings. The summed E-state index contributed by atoms with van der Waals surface area (Å²) < 4.78 is 51.8. The summed E-state index contributed by atoms with van der Waals surface area (Å²) in [5, 5.41) is 3.31. The van der Waals surface area contributed by atoms with Crippen LogP contribution in [0, 0.1) is 0 Å². The van der Waals surface area contributed by atoms with Crippen molar-refractivity contribution in [2.24, 2.45) is 0 Å². The summed E-state index contributed by atoms with van der Waals surface area (Å²) in [5.41, 5.74) is 2.79. The van der Waals surface area contributed by atoms with E-state index in [1.807, 2.05) is 0 Å². The number of nitrogens with one attached hydrogen (secondary N) is 2. The lowest BCUT2D eigenvalue weighted by atomic mass is 9.86. The number of aromatic amines is 1. The predicted molar refractivity (Wildman–Crippen MR) is 124 cm³/mol. The van der Waals surface area contributed by atoms with E-state index in [1.54, 1.807) is 37.4 Å². The lowest BCUT2D eigenvalue weighted by Crippen LogP contribution is -2.47. The molecule has 2 N–H and O–H groups in total. The van der Waals surface area contributed by atoms with Gasteiger partial charge < -0.3 is 14.5 Å². The first-order valence-electron chi connectivity index (χ1n) is 11.8. The second kappa shape index (κ2) is 9.63. The molecule has 0 amide bonds. The van der Waals surface area contributed by atoms with Crippen molar-refractivity contribution < 1.29 is 22.3 Å². The number of oxazole rings is 1. The standard InChI is InChI=1S/C24H28F3N5O3/c1-15-12-18-17(3-5-20-22(18)35-23(33)30-20)21(32(15)14-24(25,26)27)19-4-2-16(13-29-19)34-11-10-31-8-6-28-7-9-31/h2-5,13,15,21,28H,6-12,14H2,1H3,(H,30,33)/t15-,21+/m1/s1. The first-order valence-corrected chi connectivity index (χ1v) is 11.8. The molecule has 35 heavy (non-hydrogen) atoms. The molecule has 188 valence electrons. The van der Waals surface area contributed by atoms with Crippen LogP contribution < -0.4 is 15.8 Å². The van der Waals surface area contributed by atoms with Crippen molar-refractivity contribution in [1.29, 1.82) is 0 Å². The summed E-state index contributed by atoms with van der Waals surface area (Å²) in [4.78, 5) is 22.6. The van der Waals surface area contributed by atoms with Crippen LogP contribution in [-0.4, -0.2) is 77.9 Å². The number of hydrogen-bond acceptors (Lipinski definition) is 7. The lowest BCUT2D eigenvalue weighted by molar-refractivity contribution is -0.155. The van der Waals surface area contributed by atoms with E-state index >= 15 is 0 Å². The third-order valence-corrected chi connectivity index (χ3v) is 6.71. The highest BCUT2D eigenvalue weighted by molar-refractivity contribution is 5.78. The molecule has 0 bridgehead atoms. The minimum atomic E-state index is -4.37. The summed E-state index contributed by atoms with van der Waals surface area (Å²) >= 11 is 0. The molecule has 1 aromatic carbocycles. The van der Waals surface area contributed by atoms with Crippen molar-refractivity contribution in [1.82, 2.24) is 25.1 Å². The Morgan fingerprint density at radius 2 is 2.00 bits per heavy atom. The van der Waals surface area contributed by atoms with E-state index < -0.39 is 30.6 Å². The Bertz CT molecular complexity index is 1220. The molecule has 5 rings (SSSR count). The van der Waals surface area contributed by atoms with E-state index in [0.717, 1.165) is 38.3 Å². The van der Waals surface area contributed by atoms with Gasteiger partial charge in [-0.2, -0.15) is 13.2 Å². The first-order chi connectivity index (χ1) is 16.8. The van der Waals surface area contributed by atoms with Crippen LogP contribution in [0.4, 0.5) is 13.2 Å². The second-order valence-electron chi connectivity index (χ2n) is 9.13. The fraction of sp³-hybridized carbons (Fsp3) is 0.500. The number of alkyl halides is 3. The minimum Gasteiger partial charge on any atom is -0.491 e. The number of rotatable bonds is 6. The average Bonchev–Trinajstić information content (AvgIpc) is 3.21. The van der Waals surface area contributed by atoms with Crippen LogP contribution in [0.15, 0.2) is 39.7 Å². The molecule has 2 aliphatic heterocycles. The van der Waals surface area contributed by atoms with Gasteiger partial charge in [-0.15, -0.1) is 0 Å². The zero-order valence-electron chi connectivity index (χ0n) is 19.4. The molecule has 1 fully saturated rings. The Morgan fingerprint density at radius 1 is 1.20 bits per heavy atom. The van der Waals surface area contributed by atoms with Gasteiger partial charge in [0.25, 0.3) is 0 Å². The summed E-state index contributed by atoms with van der Waals surface area (Å²) in [7, 11) is 0. The van der Waals surface area contributed by atoms with E-state index in [2.05, 4.69) is 20.2 Å². The van der Waals surface area contributed by atoms with Crippen LogP contribution in [0.1, 0.15) is 29.8 Å². The van der Waals surface area contributed by atoms with E-state index in [0.29, 0.717) is 41.1 Å². The summed E-state index contributed by atoms with van der Waals surface area (Å²) in [6, 6.07) is 5.70. The Kier molecular flexibility index (Phi) is 6.56. The average molecular weight is 492 g/mol. The molecular formula is C24H28F3N5O3. The van der Waals surface area contributed by atoms with Crippen LogP contribution in [-0.2, 0) is 6.42 Å². The minimum absolute atomic E-state index is 0.327. The molecule has 2 aliphatic rings. The Balaban J connectivity index is 1.42. The Hall–Kier alpha value is -2.89. The van der Waals surface area contributed by atoms with Gasteiger partial charge in [0.05, 0.1) is 30.0 Å². The number of piperazine rings is 1. The smallest absolute Gasteiger partial charge is 0.417 e. The zero-order valence-corrected chi connectivity index (χ0v) is 19.4. The number of nitrogens with zero attached hydrogens (tertiary/aromatic N) is 3. The molecule has 0 saturated carbocycles. The highest BCUT2D eigenvalue weighted by Gasteiger charge is 2.42. The topological polar surface area (TPSA) is 86.6 Å². The molecule has 1 saturated heterocycles. The van der Waals surface area contributed by atoms with Crippen molar-refractivity contribution >= 4 is 11.1 Å². The Labute approximate surface area is 200 Å². The fourth-order valence-electron chi connectivity index (χ4n) is 5.05. The molecule has 8 nitrogen and oxygen atoms in total. The number of pyridine rings is 1. The SMILES string of the molecule is C[C@@H]1Cc2c(ccc3[nH]c(=O)oc23)[C@@H](c2ccc(OCCN3CCNCC3)cn2)N1CC(F)(F)F. The quantitative estimate of drug-likeness (QED) is 0.548. The highest BCUT2D eigenvalue weighted by Crippen LogP contribution is 2.41. The zero-order chi connectivity index (χ0) is 24.6. The molecule has 11 heteroatoms. The van der Waals surface area contributed by atoms with E-state index in [4.69, 9.17) is 9.15 Å². The van der Waals surface area contributed by atoms with Gasteiger partial charge in [-0.05, 0) is 37.1 Å². The lowest BCUT2D eigenvalue weighted by Gasteiger charge is -2.41. The Morgan fingerprint density at radius 3 is 2.71 bits per heavy atom. The number of fused-ring (bicyclic) bond motifs is 3. The van der Waals surface area contributed by atoms with Crippen molar-refractivity contribution in [3.05, 3.63) is 57.8 Å². The van der Waals surface area contributed by atoms with Crippen molar-refractivity contribution in [3.8, 4) is 5.75 Å². The molecule has 4 heterocycles. The van der Waals surface area contributed by atoms with E-state index in [1.165, 1.54) is 4.90 Å². The third-order valence-electron chi connectivity index (χ3n) is 6.71. The maximum atomic E-state index is 13.5. The molecule has 0 radical (unpaired) electrons. The summed E-state index contributed by atoms with van der Waals surface area (Å²) in [5.74, 6) is -0.0156. The summed E-state index contributed by atoms with van der Waals surface area (Å²) in [6.07, 6.45) is -2.48. The molecule has 2 atom stereocenters. The summed E-state index contributed by atoms with van der Waals surface area (Å²) in [6.45, 7) is 5.86. The van der Waals surface area contributed by atoms with Gasteiger partial charge in [-0.25, -0.2) is 4.79 Å². The van der Waals surface area contributed by atoms with Gasteiger partial charge in [0.1, 0.15) is 12.4 Å². The monoisotopic (exact) mass is 491 g/mol. The van der Waals surface area contributed by atoms with Gasteiger partial charge in [-0.1, -0.05) is 6.07 Å². The predicted octanol–water partition coefficient (Wildman–Crippen LogP) is 2.70. The van der Waals surface area contributed by atoms with Gasteiger partial charge in [0.15, 0.2) is 5.58 Å². The van der Waals surface area contributed by atoms with Crippen LogP contribution >= 0.6 is 0 Å². The first kappa shape index (κ1) is 23.8. The second-order valence-corrected chi connectivity index (χ2v) is 9.13. The number of aromatic nitrogens is 2. The molecule has 0 unspecified atom stereocenters.